The molecule has 0 atom stereocenters. The van der Waals surface area contributed by atoms with Crippen LogP contribution in [0.2, 0.25) is 10.0 Å². The highest BCUT2D eigenvalue weighted by atomic mass is 35.5. The molecule has 0 spiro atoms. The maximum atomic E-state index is 13.8. The summed E-state index contributed by atoms with van der Waals surface area (Å²) < 4.78 is 39.7. The largest absolute Gasteiger partial charge is 0.318 e. The van der Waals surface area contributed by atoms with Crippen molar-refractivity contribution in [2.45, 2.75) is 19.2 Å². The first-order valence-electron chi connectivity index (χ1n) is 9.82. The molecule has 166 valence electrons. The Morgan fingerprint density at radius 3 is 2.41 bits per heavy atom. The topological polar surface area (TPSA) is 68.5 Å². The molecule has 0 aliphatic carbocycles. The van der Waals surface area contributed by atoms with Crippen molar-refractivity contribution in [3.8, 4) is 11.1 Å². The van der Waals surface area contributed by atoms with Crippen LogP contribution < -0.4 is 5.56 Å². The summed E-state index contributed by atoms with van der Waals surface area (Å²) in [7, 11) is -1.61. The molecular weight excluding hydrogens is 474 g/mol. The number of nitrogens with zero attached hydrogens (tertiary/aromatic N) is 2. The molecule has 2 heterocycles. The Hall–Kier alpha value is -2.48. The lowest BCUT2D eigenvalue weighted by Crippen LogP contribution is -2.16. The maximum absolute atomic E-state index is 13.8. The lowest BCUT2D eigenvalue weighted by molar-refractivity contribution is 0.596. The average Bonchev–Trinajstić information content (AvgIpc) is 2.85. The third-order valence-corrected chi connectivity index (χ3v) is 7.67. The van der Waals surface area contributed by atoms with Gasteiger partial charge in [0.15, 0.2) is 9.84 Å². The molecule has 1 aliphatic rings. The second-order valence-corrected chi connectivity index (χ2v) is 10.8. The molecule has 0 N–H and O–H groups in total. The Morgan fingerprint density at radius 1 is 1.06 bits per heavy atom. The summed E-state index contributed by atoms with van der Waals surface area (Å²) >= 11 is 12.7. The second kappa shape index (κ2) is 8.46. The van der Waals surface area contributed by atoms with E-state index < -0.39 is 15.7 Å². The molecule has 1 aromatic heterocycles. The molecule has 0 amide bonds. The zero-order chi connectivity index (χ0) is 23.2. The first-order valence-corrected chi connectivity index (χ1v) is 12.4. The number of halogens is 3. The molecule has 4 rings (SSSR count). The number of aryl methyl sites for hydroxylation is 1. The molecule has 0 saturated heterocycles. The molecule has 9 heteroatoms. The Bertz CT molecular complexity index is 1420. The van der Waals surface area contributed by atoms with E-state index in [1.807, 2.05) is 0 Å². The van der Waals surface area contributed by atoms with Gasteiger partial charge in [-0.25, -0.2) is 12.8 Å². The summed E-state index contributed by atoms with van der Waals surface area (Å²) in [6.45, 7) is 1.79. The number of rotatable bonds is 4. The molecule has 2 aromatic carbocycles. The minimum Gasteiger partial charge on any atom is -0.318 e. The maximum Gasteiger partial charge on any atom is 0.250 e. The Labute approximate surface area is 195 Å². The van der Waals surface area contributed by atoms with Crippen molar-refractivity contribution in [3.05, 3.63) is 91.1 Å². The van der Waals surface area contributed by atoms with Crippen LogP contribution in [0.3, 0.4) is 0 Å². The van der Waals surface area contributed by atoms with Gasteiger partial charge in [0, 0.05) is 41.8 Å². The summed E-state index contributed by atoms with van der Waals surface area (Å²) in [5, 5.41) is 0.219. The van der Waals surface area contributed by atoms with Crippen molar-refractivity contribution in [3.63, 3.8) is 0 Å². The zero-order valence-corrected chi connectivity index (χ0v) is 19.7. The van der Waals surface area contributed by atoms with Gasteiger partial charge in [-0.05, 0) is 34.9 Å². The van der Waals surface area contributed by atoms with Crippen LogP contribution in [0.1, 0.15) is 29.2 Å². The number of aromatic nitrogens is 1. The SMILES string of the molecule is CCS(=O)(=O)Cc1ccc2c(c1)-c1cn(C)c(=O)cc1CN=C2c1c(Cl)cc(F)cc1Cl. The minimum absolute atomic E-state index is 0.0304. The fourth-order valence-electron chi connectivity index (χ4n) is 3.74. The highest BCUT2D eigenvalue weighted by molar-refractivity contribution is 7.90. The third kappa shape index (κ3) is 4.25. The summed E-state index contributed by atoms with van der Waals surface area (Å²) in [6.07, 6.45) is 1.71. The van der Waals surface area contributed by atoms with E-state index in [2.05, 4.69) is 4.99 Å². The number of pyridine rings is 1. The number of hydrogen-bond donors (Lipinski definition) is 0. The van der Waals surface area contributed by atoms with Crippen molar-refractivity contribution in [2.75, 3.05) is 5.75 Å². The van der Waals surface area contributed by atoms with Crippen LogP contribution in [0, 0.1) is 5.82 Å². The fourth-order valence-corrected chi connectivity index (χ4v) is 5.27. The van der Waals surface area contributed by atoms with E-state index in [9.17, 15) is 17.6 Å². The van der Waals surface area contributed by atoms with Crippen LogP contribution in [-0.4, -0.2) is 24.4 Å². The van der Waals surface area contributed by atoms with E-state index >= 15 is 0 Å². The number of sulfone groups is 1. The van der Waals surface area contributed by atoms with Crippen molar-refractivity contribution in [1.29, 1.82) is 0 Å². The zero-order valence-electron chi connectivity index (χ0n) is 17.3. The van der Waals surface area contributed by atoms with E-state index in [1.165, 1.54) is 22.8 Å². The molecule has 1 aliphatic heterocycles. The van der Waals surface area contributed by atoms with Crippen LogP contribution in [0.4, 0.5) is 4.39 Å². The first kappa shape index (κ1) is 22.7. The summed E-state index contributed by atoms with van der Waals surface area (Å²) in [5.41, 5.74) is 4.06. The number of fused-ring (bicyclic) bond motifs is 3. The van der Waals surface area contributed by atoms with Crippen LogP contribution in [0.5, 0.6) is 0 Å². The highest BCUT2D eigenvalue weighted by Gasteiger charge is 2.24. The van der Waals surface area contributed by atoms with Crippen molar-refractivity contribution in [2.24, 2.45) is 12.0 Å². The monoisotopic (exact) mass is 492 g/mol. The average molecular weight is 493 g/mol. The molecule has 0 saturated carbocycles. The van der Waals surface area contributed by atoms with Crippen LogP contribution in [-0.2, 0) is 29.2 Å². The number of hydrogen-bond acceptors (Lipinski definition) is 4. The Kier molecular flexibility index (Phi) is 6.00. The van der Waals surface area contributed by atoms with E-state index in [0.29, 0.717) is 33.5 Å². The molecule has 0 fully saturated rings. The predicted octanol–water partition coefficient (Wildman–Crippen LogP) is 4.78. The van der Waals surface area contributed by atoms with Crippen LogP contribution in [0.15, 0.2) is 52.4 Å². The van der Waals surface area contributed by atoms with E-state index in [-0.39, 0.29) is 33.7 Å². The summed E-state index contributed by atoms with van der Waals surface area (Å²) in [6, 6.07) is 9.12. The van der Waals surface area contributed by atoms with Gasteiger partial charge in [0.2, 0.25) is 0 Å². The first-order chi connectivity index (χ1) is 15.1. The molecule has 32 heavy (non-hydrogen) atoms. The quantitative estimate of drug-likeness (QED) is 0.525. The van der Waals surface area contributed by atoms with Gasteiger partial charge in [0.1, 0.15) is 5.82 Å². The Morgan fingerprint density at radius 2 is 1.75 bits per heavy atom. The van der Waals surface area contributed by atoms with Crippen LogP contribution >= 0.6 is 23.2 Å². The van der Waals surface area contributed by atoms with E-state index in [0.717, 1.165) is 5.56 Å². The van der Waals surface area contributed by atoms with Gasteiger partial charge in [0.25, 0.3) is 5.56 Å². The molecule has 0 unspecified atom stereocenters. The van der Waals surface area contributed by atoms with E-state index in [1.54, 1.807) is 38.4 Å². The van der Waals surface area contributed by atoms with Gasteiger partial charge < -0.3 is 4.57 Å². The molecule has 3 aromatic rings. The minimum atomic E-state index is -3.25. The second-order valence-electron chi connectivity index (χ2n) is 7.63. The standard InChI is InChI=1S/C23H19Cl2FN2O3S/c1-3-32(30,31)12-13-4-5-16-17(6-13)18-11-28(2)21(29)7-14(18)10-27-23(16)22-19(24)8-15(26)9-20(22)25/h4-9,11H,3,10,12H2,1-2H3. The fraction of sp³-hybridized carbons (Fsp3) is 0.217. The number of aliphatic imine (C=N–C) groups is 1. The van der Waals surface area contributed by atoms with Gasteiger partial charge in [0.05, 0.1) is 28.1 Å². The van der Waals surface area contributed by atoms with Gasteiger partial charge >= 0.3 is 0 Å². The predicted molar refractivity (Wildman–Crippen MR) is 126 cm³/mol. The molecule has 0 radical (unpaired) electrons. The van der Waals surface area contributed by atoms with Gasteiger partial charge in [-0.2, -0.15) is 0 Å². The molecular formula is C23H19Cl2FN2O3S. The molecule has 5 nitrogen and oxygen atoms in total. The van der Waals surface area contributed by atoms with Gasteiger partial charge in [-0.15, -0.1) is 0 Å². The normalized spacial score (nSPS) is 13.2. The smallest absolute Gasteiger partial charge is 0.250 e. The molecule has 0 bridgehead atoms. The van der Waals surface area contributed by atoms with Crippen LogP contribution in [0.25, 0.3) is 11.1 Å². The lowest BCUT2D eigenvalue weighted by atomic mass is 9.91. The number of benzene rings is 2. The summed E-state index contributed by atoms with van der Waals surface area (Å²) in [4.78, 5) is 16.9. The Balaban J connectivity index is 2.01. The third-order valence-electron chi connectivity index (χ3n) is 5.42. The van der Waals surface area contributed by atoms with Gasteiger partial charge in [-0.1, -0.05) is 42.3 Å². The van der Waals surface area contributed by atoms with Crippen molar-refractivity contribution >= 4 is 38.8 Å². The van der Waals surface area contributed by atoms with Crippen molar-refractivity contribution < 1.29 is 12.8 Å². The summed E-state index contributed by atoms with van der Waals surface area (Å²) in [5.74, 6) is -0.643. The highest BCUT2D eigenvalue weighted by Crippen LogP contribution is 2.37. The lowest BCUT2D eigenvalue weighted by Gasteiger charge is -2.16. The van der Waals surface area contributed by atoms with Gasteiger partial charge in [-0.3, -0.25) is 9.79 Å². The van der Waals surface area contributed by atoms with E-state index in [4.69, 9.17) is 23.2 Å². The van der Waals surface area contributed by atoms with Crippen molar-refractivity contribution in [1.82, 2.24) is 4.57 Å².